The molecule has 0 aliphatic heterocycles. The molecule has 4 fully saturated rings. The minimum atomic E-state index is -0.387. The van der Waals surface area contributed by atoms with Gasteiger partial charge in [0, 0.05) is 5.54 Å². The first-order valence-corrected chi connectivity index (χ1v) is 6.34. The second-order valence-electron chi connectivity index (χ2n) is 7.07. The molecule has 90 valence electrons. The van der Waals surface area contributed by atoms with Gasteiger partial charge in [0.25, 0.3) is 0 Å². The summed E-state index contributed by atoms with van der Waals surface area (Å²) in [5.74, 6) is 0.981. The van der Waals surface area contributed by atoms with Crippen molar-refractivity contribution in [1.29, 1.82) is 0 Å². The van der Waals surface area contributed by atoms with E-state index in [0.717, 1.165) is 5.92 Å². The fourth-order valence-corrected chi connectivity index (χ4v) is 3.65. The van der Waals surface area contributed by atoms with Gasteiger partial charge in [-0.05, 0) is 64.2 Å². The van der Waals surface area contributed by atoms with E-state index < -0.39 is 0 Å². The van der Waals surface area contributed by atoms with E-state index in [0.29, 0.717) is 5.41 Å². The molecule has 4 aliphatic rings. The lowest BCUT2D eigenvalue weighted by atomic mass is 9.37. The number of alkyl carbamates (subject to hydrolysis) is 1. The largest absolute Gasteiger partial charge is 0.444 e. The Kier molecular flexibility index (Phi) is 1.79. The molecule has 4 rings (SSSR count). The molecule has 4 aliphatic carbocycles. The Morgan fingerprint density at radius 1 is 1.25 bits per heavy atom. The predicted molar refractivity (Wildman–Crippen MR) is 61.1 cm³/mol. The standard InChI is InChI=1S/C13H21NO2/c1-11(2,3)16-10(15)14-13-6-12(7-13,8-13)9-4-5-9/h9H,4-8H2,1-3H3,(H,14,15). The first kappa shape index (κ1) is 10.4. The van der Waals surface area contributed by atoms with Gasteiger partial charge >= 0.3 is 6.09 Å². The summed E-state index contributed by atoms with van der Waals surface area (Å²) in [5.41, 5.74) is 0.363. The van der Waals surface area contributed by atoms with E-state index in [1.807, 2.05) is 20.8 Å². The van der Waals surface area contributed by atoms with Crippen LogP contribution in [0.4, 0.5) is 4.79 Å². The summed E-state index contributed by atoms with van der Waals surface area (Å²) < 4.78 is 5.29. The monoisotopic (exact) mass is 223 g/mol. The van der Waals surface area contributed by atoms with Gasteiger partial charge in [-0.25, -0.2) is 4.79 Å². The first-order valence-electron chi connectivity index (χ1n) is 6.34. The molecule has 0 unspecified atom stereocenters. The topological polar surface area (TPSA) is 38.3 Å². The number of carbonyl (C=O) groups is 1. The number of nitrogens with one attached hydrogen (secondary N) is 1. The summed E-state index contributed by atoms with van der Waals surface area (Å²) in [6.45, 7) is 5.71. The van der Waals surface area contributed by atoms with E-state index in [2.05, 4.69) is 5.32 Å². The van der Waals surface area contributed by atoms with Gasteiger partial charge in [-0.15, -0.1) is 0 Å². The average Bonchev–Trinajstić information content (AvgIpc) is 2.71. The van der Waals surface area contributed by atoms with Gasteiger partial charge in [-0.1, -0.05) is 0 Å². The van der Waals surface area contributed by atoms with E-state index in [4.69, 9.17) is 4.74 Å². The lowest BCUT2D eigenvalue weighted by molar-refractivity contribution is -0.166. The van der Waals surface area contributed by atoms with Crippen molar-refractivity contribution in [2.45, 2.75) is 64.0 Å². The number of ether oxygens (including phenoxy) is 1. The maximum atomic E-state index is 11.6. The van der Waals surface area contributed by atoms with Crippen LogP contribution in [0.5, 0.6) is 0 Å². The number of amides is 1. The summed E-state index contributed by atoms with van der Waals surface area (Å²) in [5, 5.41) is 3.06. The van der Waals surface area contributed by atoms with Crippen LogP contribution >= 0.6 is 0 Å². The van der Waals surface area contributed by atoms with Crippen LogP contribution in [0.25, 0.3) is 0 Å². The van der Waals surface area contributed by atoms with Crippen LogP contribution in [0.2, 0.25) is 0 Å². The third-order valence-electron chi connectivity index (χ3n) is 4.28. The minimum Gasteiger partial charge on any atom is -0.444 e. The van der Waals surface area contributed by atoms with Crippen molar-refractivity contribution in [2.24, 2.45) is 11.3 Å². The Balaban J connectivity index is 1.49. The fourth-order valence-electron chi connectivity index (χ4n) is 3.65. The molecule has 0 heterocycles. The summed E-state index contributed by atoms with van der Waals surface area (Å²) in [6, 6.07) is 0. The quantitative estimate of drug-likeness (QED) is 0.781. The summed E-state index contributed by atoms with van der Waals surface area (Å²) in [4.78, 5) is 11.6. The number of hydrogen-bond acceptors (Lipinski definition) is 2. The van der Waals surface area contributed by atoms with Crippen molar-refractivity contribution in [3.8, 4) is 0 Å². The average molecular weight is 223 g/mol. The van der Waals surface area contributed by atoms with Crippen molar-refractivity contribution in [3.05, 3.63) is 0 Å². The van der Waals surface area contributed by atoms with Gasteiger partial charge in [-0.3, -0.25) is 0 Å². The van der Waals surface area contributed by atoms with Gasteiger partial charge in [-0.2, -0.15) is 0 Å². The maximum Gasteiger partial charge on any atom is 0.408 e. The molecule has 1 amide bonds. The highest BCUT2D eigenvalue weighted by atomic mass is 16.6. The third kappa shape index (κ3) is 1.52. The molecular formula is C13H21NO2. The maximum absolute atomic E-state index is 11.6. The van der Waals surface area contributed by atoms with Crippen LogP contribution in [0, 0.1) is 11.3 Å². The van der Waals surface area contributed by atoms with Gasteiger partial charge < -0.3 is 10.1 Å². The number of rotatable bonds is 2. The lowest BCUT2D eigenvalue weighted by Crippen LogP contribution is -2.75. The third-order valence-corrected chi connectivity index (χ3v) is 4.28. The lowest BCUT2D eigenvalue weighted by Gasteiger charge is -2.71. The molecule has 4 saturated carbocycles. The van der Waals surface area contributed by atoms with E-state index in [-0.39, 0.29) is 17.2 Å². The van der Waals surface area contributed by atoms with Gasteiger partial charge in [0.1, 0.15) is 5.60 Å². The molecule has 0 aromatic rings. The zero-order valence-electron chi connectivity index (χ0n) is 10.4. The van der Waals surface area contributed by atoms with Crippen LogP contribution in [-0.4, -0.2) is 17.2 Å². The molecule has 0 saturated heterocycles. The Bertz CT molecular complexity index is 319. The summed E-state index contributed by atoms with van der Waals surface area (Å²) in [6.07, 6.45) is 6.19. The molecule has 0 spiro atoms. The molecule has 0 atom stereocenters. The molecule has 0 radical (unpaired) electrons. The van der Waals surface area contributed by atoms with Gasteiger partial charge in [0.2, 0.25) is 0 Å². The van der Waals surface area contributed by atoms with Crippen molar-refractivity contribution >= 4 is 6.09 Å². The zero-order chi connectivity index (χ0) is 11.6. The van der Waals surface area contributed by atoms with Crippen LogP contribution in [0.3, 0.4) is 0 Å². The van der Waals surface area contributed by atoms with Crippen LogP contribution in [-0.2, 0) is 4.74 Å². The number of carbonyl (C=O) groups excluding carboxylic acids is 1. The Morgan fingerprint density at radius 2 is 1.81 bits per heavy atom. The fraction of sp³-hybridized carbons (Fsp3) is 0.923. The minimum absolute atomic E-state index is 0.116. The smallest absolute Gasteiger partial charge is 0.408 e. The van der Waals surface area contributed by atoms with Gasteiger partial charge in [0.05, 0.1) is 0 Å². The Hall–Kier alpha value is -0.730. The summed E-state index contributed by atoms with van der Waals surface area (Å²) in [7, 11) is 0. The highest BCUT2D eigenvalue weighted by Crippen LogP contribution is 2.75. The zero-order valence-corrected chi connectivity index (χ0v) is 10.4. The van der Waals surface area contributed by atoms with Crippen molar-refractivity contribution in [3.63, 3.8) is 0 Å². The second-order valence-corrected chi connectivity index (χ2v) is 7.07. The van der Waals surface area contributed by atoms with Crippen molar-refractivity contribution in [1.82, 2.24) is 5.32 Å². The van der Waals surface area contributed by atoms with E-state index >= 15 is 0 Å². The van der Waals surface area contributed by atoms with E-state index in [9.17, 15) is 4.79 Å². The normalized spacial score (nSPS) is 40.7. The second kappa shape index (κ2) is 2.74. The summed E-state index contributed by atoms with van der Waals surface area (Å²) >= 11 is 0. The highest BCUT2D eigenvalue weighted by molar-refractivity contribution is 5.70. The number of hydrogen-bond donors (Lipinski definition) is 1. The molecule has 2 bridgehead atoms. The van der Waals surface area contributed by atoms with E-state index in [1.165, 1.54) is 32.1 Å². The Labute approximate surface area is 96.9 Å². The molecule has 0 aromatic carbocycles. The Morgan fingerprint density at radius 3 is 2.25 bits per heavy atom. The SMILES string of the molecule is CC(C)(C)OC(=O)NC12CC(C3CC3)(C1)C2. The molecule has 1 N–H and O–H groups in total. The molecule has 3 heteroatoms. The van der Waals surface area contributed by atoms with Crippen molar-refractivity contribution in [2.75, 3.05) is 0 Å². The molecule has 16 heavy (non-hydrogen) atoms. The first-order chi connectivity index (χ1) is 7.33. The highest BCUT2D eigenvalue weighted by Gasteiger charge is 2.72. The predicted octanol–water partition coefficient (Wildman–Crippen LogP) is 2.84. The van der Waals surface area contributed by atoms with Gasteiger partial charge in [0.15, 0.2) is 0 Å². The van der Waals surface area contributed by atoms with Crippen LogP contribution in [0.1, 0.15) is 52.9 Å². The van der Waals surface area contributed by atoms with Crippen LogP contribution in [0.15, 0.2) is 0 Å². The molecule has 0 aromatic heterocycles. The van der Waals surface area contributed by atoms with E-state index in [1.54, 1.807) is 0 Å². The van der Waals surface area contributed by atoms with Crippen molar-refractivity contribution < 1.29 is 9.53 Å². The van der Waals surface area contributed by atoms with Crippen LogP contribution < -0.4 is 5.32 Å². The molecule has 3 nitrogen and oxygen atoms in total. The molecular weight excluding hydrogens is 202 g/mol.